The number of rotatable bonds is 5. The summed E-state index contributed by atoms with van der Waals surface area (Å²) in [5.41, 5.74) is 4.49. The molecule has 1 aromatic carbocycles. The van der Waals surface area contributed by atoms with Gasteiger partial charge in [-0.05, 0) is 56.0 Å². The van der Waals surface area contributed by atoms with Crippen molar-refractivity contribution in [1.29, 1.82) is 0 Å². The van der Waals surface area contributed by atoms with Gasteiger partial charge in [0.2, 0.25) is 5.91 Å². The van der Waals surface area contributed by atoms with Gasteiger partial charge < -0.3 is 4.90 Å². The monoisotopic (exact) mass is 275 g/mol. The van der Waals surface area contributed by atoms with Gasteiger partial charge in [0.25, 0.3) is 0 Å². The van der Waals surface area contributed by atoms with Crippen LogP contribution in [0.15, 0.2) is 12.1 Å². The number of hydrogen-bond acceptors (Lipinski definition) is 1. The number of anilines is 1. The van der Waals surface area contributed by atoms with Crippen LogP contribution in [0, 0.1) is 26.2 Å². The Kier molecular flexibility index (Phi) is 5.38. The molecule has 0 saturated carbocycles. The molecule has 0 spiro atoms. The summed E-state index contributed by atoms with van der Waals surface area (Å²) >= 11 is 0. The summed E-state index contributed by atoms with van der Waals surface area (Å²) in [5, 5.41) is 0. The Hall–Kier alpha value is -1.31. The van der Waals surface area contributed by atoms with Crippen molar-refractivity contribution in [2.75, 3.05) is 11.9 Å². The zero-order valence-corrected chi connectivity index (χ0v) is 14.1. The number of unbranched alkanes of at least 4 members (excludes halogenated alkanes) is 1. The fourth-order valence-electron chi connectivity index (χ4n) is 2.50. The van der Waals surface area contributed by atoms with Gasteiger partial charge in [-0.2, -0.15) is 0 Å². The Morgan fingerprint density at radius 2 is 1.65 bits per heavy atom. The van der Waals surface area contributed by atoms with E-state index in [4.69, 9.17) is 0 Å². The molecule has 1 rings (SSSR count). The van der Waals surface area contributed by atoms with Gasteiger partial charge >= 0.3 is 0 Å². The first-order valence-corrected chi connectivity index (χ1v) is 7.56. The van der Waals surface area contributed by atoms with Gasteiger partial charge in [-0.3, -0.25) is 4.79 Å². The van der Waals surface area contributed by atoms with E-state index >= 15 is 0 Å². The molecule has 0 heterocycles. The second-order valence-corrected chi connectivity index (χ2v) is 6.56. The number of carbonyl (C=O) groups excluding carboxylic acids is 1. The molecule has 1 amide bonds. The second kappa shape index (κ2) is 6.43. The Morgan fingerprint density at radius 1 is 1.15 bits per heavy atom. The molecule has 0 bridgehead atoms. The quantitative estimate of drug-likeness (QED) is 0.756. The van der Waals surface area contributed by atoms with Gasteiger partial charge in [0.15, 0.2) is 0 Å². The molecule has 0 aliphatic rings. The number of amides is 1. The maximum absolute atomic E-state index is 12.7. The summed E-state index contributed by atoms with van der Waals surface area (Å²) in [6, 6.07) is 4.21. The number of nitrogens with zero attached hydrogens (tertiary/aromatic N) is 1. The van der Waals surface area contributed by atoms with Crippen LogP contribution in [-0.2, 0) is 4.79 Å². The van der Waals surface area contributed by atoms with Crippen LogP contribution in [0.2, 0.25) is 0 Å². The number of hydrogen-bond donors (Lipinski definition) is 0. The first-order chi connectivity index (χ1) is 9.20. The van der Waals surface area contributed by atoms with Crippen molar-refractivity contribution >= 4 is 11.6 Å². The Morgan fingerprint density at radius 3 is 2.10 bits per heavy atom. The van der Waals surface area contributed by atoms with E-state index in [0.717, 1.165) is 24.9 Å². The SMILES string of the molecule is CCCCC(C)(C)C(=O)N(C)c1cc(C)c(C)c(C)c1. The van der Waals surface area contributed by atoms with E-state index in [1.807, 2.05) is 11.9 Å². The van der Waals surface area contributed by atoms with Crippen LogP contribution < -0.4 is 4.90 Å². The highest BCUT2D eigenvalue weighted by atomic mass is 16.2. The third-order valence-electron chi connectivity index (χ3n) is 4.34. The lowest BCUT2D eigenvalue weighted by Gasteiger charge is -2.30. The highest BCUT2D eigenvalue weighted by Gasteiger charge is 2.30. The van der Waals surface area contributed by atoms with Crippen molar-refractivity contribution in [2.45, 2.75) is 60.8 Å². The van der Waals surface area contributed by atoms with Gasteiger partial charge in [0.05, 0.1) is 0 Å². The van der Waals surface area contributed by atoms with Crippen LogP contribution in [0.3, 0.4) is 0 Å². The Balaban J connectivity index is 3.00. The summed E-state index contributed by atoms with van der Waals surface area (Å²) in [4.78, 5) is 14.5. The standard InChI is InChI=1S/C18H29NO/c1-8-9-10-18(5,6)17(20)19(7)16-11-13(2)15(4)14(3)12-16/h11-12H,8-10H2,1-7H3. The molecular formula is C18H29NO. The van der Waals surface area contributed by atoms with Crippen LogP contribution in [0.25, 0.3) is 0 Å². The number of aryl methyl sites for hydroxylation is 2. The van der Waals surface area contributed by atoms with Crippen LogP contribution in [0.5, 0.6) is 0 Å². The van der Waals surface area contributed by atoms with Crippen LogP contribution >= 0.6 is 0 Å². The Labute approximate surface area is 124 Å². The van der Waals surface area contributed by atoms with Gasteiger partial charge in [-0.25, -0.2) is 0 Å². The van der Waals surface area contributed by atoms with E-state index in [1.165, 1.54) is 16.7 Å². The third kappa shape index (κ3) is 3.62. The van der Waals surface area contributed by atoms with E-state index in [9.17, 15) is 4.79 Å². The molecule has 2 heteroatoms. The van der Waals surface area contributed by atoms with Crippen molar-refractivity contribution in [2.24, 2.45) is 5.41 Å². The van der Waals surface area contributed by atoms with Crippen LogP contribution in [0.4, 0.5) is 5.69 Å². The minimum Gasteiger partial charge on any atom is -0.315 e. The highest BCUT2D eigenvalue weighted by molar-refractivity contribution is 5.96. The largest absolute Gasteiger partial charge is 0.315 e. The fourth-order valence-corrected chi connectivity index (χ4v) is 2.50. The van der Waals surface area contributed by atoms with E-state index < -0.39 is 0 Å². The highest BCUT2D eigenvalue weighted by Crippen LogP contribution is 2.29. The van der Waals surface area contributed by atoms with Gasteiger partial charge in [-0.1, -0.05) is 33.6 Å². The molecule has 0 radical (unpaired) electrons. The molecule has 0 atom stereocenters. The van der Waals surface area contributed by atoms with Crippen LogP contribution in [0.1, 0.15) is 56.7 Å². The summed E-state index contributed by atoms with van der Waals surface area (Å²) in [6.45, 7) is 12.6. The minimum atomic E-state index is -0.294. The Bertz CT molecular complexity index is 465. The first kappa shape index (κ1) is 16.7. The molecular weight excluding hydrogens is 246 g/mol. The van der Waals surface area contributed by atoms with Crippen molar-refractivity contribution in [1.82, 2.24) is 0 Å². The third-order valence-corrected chi connectivity index (χ3v) is 4.34. The lowest BCUT2D eigenvalue weighted by Crippen LogP contribution is -2.38. The van der Waals surface area contributed by atoms with E-state index in [0.29, 0.717) is 0 Å². The van der Waals surface area contributed by atoms with E-state index in [2.05, 4.69) is 53.7 Å². The molecule has 20 heavy (non-hydrogen) atoms. The van der Waals surface area contributed by atoms with E-state index in [1.54, 1.807) is 0 Å². The zero-order valence-electron chi connectivity index (χ0n) is 14.1. The number of benzene rings is 1. The van der Waals surface area contributed by atoms with Gasteiger partial charge in [0.1, 0.15) is 0 Å². The van der Waals surface area contributed by atoms with Crippen molar-refractivity contribution in [3.05, 3.63) is 28.8 Å². The van der Waals surface area contributed by atoms with Crippen molar-refractivity contribution in [3.63, 3.8) is 0 Å². The van der Waals surface area contributed by atoms with Crippen molar-refractivity contribution < 1.29 is 4.79 Å². The molecule has 112 valence electrons. The maximum Gasteiger partial charge on any atom is 0.232 e. The molecule has 0 aromatic heterocycles. The van der Waals surface area contributed by atoms with E-state index in [-0.39, 0.29) is 11.3 Å². The smallest absolute Gasteiger partial charge is 0.232 e. The molecule has 0 unspecified atom stereocenters. The average Bonchev–Trinajstić information content (AvgIpc) is 2.40. The summed E-state index contributed by atoms with van der Waals surface area (Å²) in [6.07, 6.45) is 3.16. The fraction of sp³-hybridized carbons (Fsp3) is 0.611. The van der Waals surface area contributed by atoms with Gasteiger partial charge in [-0.15, -0.1) is 0 Å². The predicted octanol–water partition coefficient (Wildman–Crippen LogP) is 4.79. The minimum absolute atomic E-state index is 0.202. The molecule has 0 fully saturated rings. The molecule has 0 N–H and O–H groups in total. The zero-order chi connectivity index (χ0) is 15.5. The normalized spacial score (nSPS) is 11.6. The first-order valence-electron chi connectivity index (χ1n) is 7.56. The lowest BCUT2D eigenvalue weighted by atomic mass is 9.85. The molecule has 0 aliphatic carbocycles. The van der Waals surface area contributed by atoms with Crippen LogP contribution in [-0.4, -0.2) is 13.0 Å². The molecule has 2 nitrogen and oxygen atoms in total. The van der Waals surface area contributed by atoms with Crippen molar-refractivity contribution in [3.8, 4) is 0 Å². The lowest BCUT2D eigenvalue weighted by molar-refractivity contribution is -0.126. The molecule has 0 aliphatic heterocycles. The topological polar surface area (TPSA) is 20.3 Å². The summed E-state index contributed by atoms with van der Waals surface area (Å²) in [7, 11) is 1.89. The molecule has 1 aromatic rings. The predicted molar refractivity (Wildman–Crippen MR) is 87.4 cm³/mol. The summed E-state index contributed by atoms with van der Waals surface area (Å²) < 4.78 is 0. The number of carbonyl (C=O) groups is 1. The maximum atomic E-state index is 12.7. The summed E-state index contributed by atoms with van der Waals surface area (Å²) in [5.74, 6) is 0.202. The average molecular weight is 275 g/mol. The molecule has 0 saturated heterocycles. The second-order valence-electron chi connectivity index (χ2n) is 6.56. The van der Waals surface area contributed by atoms with Gasteiger partial charge in [0, 0.05) is 18.2 Å².